The van der Waals surface area contributed by atoms with Crippen molar-refractivity contribution in [1.29, 1.82) is 0 Å². The van der Waals surface area contributed by atoms with Gasteiger partial charge in [0.1, 0.15) is 12.4 Å². The minimum Gasteiger partial charge on any atom is -0.488 e. The Bertz CT molecular complexity index is 720. The highest BCUT2D eigenvalue weighted by atomic mass is 32.1. The van der Waals surface area contributed by atoms with Crippen molar-refractivity contribution in [3.8, 4) is 17.0 Å². The topological polar surface area (TPSA) is 22.1 Å². The lowest BCUT2D eigenvalue weighted by molar-refractivity contribution is 0.307. The van der Waals surface area contributed by atoms with Gasteiger partial charge in [0.05, 0.1) is 11.2 Å². The molecular weight excluding hydrogens is 290 g/mol. The van der Waals surface area contributed by atoms with Gasteiger partial charge in [-0.15, -0.1) is 11.3 Å². The highest BCUT2D eigenvalue weighted by molar-refractivity contribution is 7.07. The van der Waals surface area contributed by atoms with Crippen molar-refractivity contribution in [3.05, 3.63) is 70.5 Å². The van der Waals surface area contributed by atoms with E-state index in [0.717, 1.165) is 17.0 Å². The van der Waals surface area contributed by atoms with Gasteiger partial charge in [-0.25, -0.2) is 4.98 Å². The van der Waals surface area contributed by atoms with E-state index in [1.54, 1.807) is 11.3 Å². The maximum atomic E-state index is 6.05. The van der Waals surface area contributed by atoms with Gasteiger partial charge >= 0.3 is 0 Å². The second kappa shape index (κ2) is 6.75. The summed E-state index contributed by atoms with van der Waals surface area (Å²) in [5.41, 5.74) is 6.38. The Hall–Kier alpha value is -2.13. The molecule has 3 heteroatoms. The maximum Gasteiger partial charge on any atom is 0.129 e. The van der Waals surface area contributed by atoms with Gasteiger partial charge in [-0.1, -0.05) is 50.2 Å². The third-order valence-electron chi connectivity index (χ3n) is 3.62. The number of hydrogen-bond donors (Lipinski definition) is 0. The van der Waals surface area contributed by atoms with Gasteiger partial charge in [0.25, 0.3) is 0 Å². The number of thiazole rings is 1. The lowest BCUT2D eigenvalue weighted by atomic mass is 9.99. The Balaban J connectivity index is 1.89. The molecule has 0 radical (unpaired) electrons. The number of benzene rings is 2. The third-order valence-corrected chi connectivity index (χ3v) is 4.20. The van der Waals surface area contributed by atoms with E-state index >= 15 is 0 Å². The van der Waals surface area contributed by atoms with Crippen molar-refractivity contribution in [3.63, 3.8) is 0 Å². The number of ether oxygens (including phenoxy) is 1. The number of nitrogens with zero attached hydrogens (tertiary/aromatic N) is 1. The maximum absolute atomic E-state index is 6.05. The molecule has 0 saturated carbocycles. The fraction of sp³-hybridized carbons (Fsp3) is 0.211. The second-order valence-corrected chi connectivity index (χ2v) is 6.28. The molecule has 0 fully saturated rings. The quantitative estimate of drug-likeness (QED) is 0.619. The van der Waals surface area contributed by atoms with E-state index in [-0.39, 0.29) is 0 Å². The Morgan fingerprint density at radius 2 is 1.91 bits per heavy atom. The van der Waals surface area contributed by atoms with Crippen molar-refractivity contribution in [1.82, 2.24) is 4.98 Å². The van der Waals surface area contributed by atoms with Gasteiger partial charge in [0, 0.05) is 10.9 Å². The molecule has 0 amide bonds. The molecule has 0 saturated heterocycles. The normalized spacial score (nSPS) is 10.9. The zero-order chi connectivity index (χ0) is 15.4. The largest absolute Gasteiger partial charge is 0.488 e. The number of aromatic nitrogens is 1. The van der Waals surface area contributed by atoms with Crippen molar-refractivity contribution in [2.24, 2.45) is 0 Å². The lowest BCUT2D eigenvalue weighted by Crippen LogP contribution is -1.98. The molecule has 2 aromatic carbocycles. The van der Waals surface area contributed by atoms with E-state index in [4.69, 9.17) is 4.74 Å². The summed E-state index contributed by atoms with van der Waals surface area (Å²) in [6.45, 7) is 4.97. The molecule has 0 bridgehead atoms. The van der Waals surface area contributed by atoms with Gasteiger partial charge in [0.2, 0.25) is 0 Å². The molecule has 1 heterocycles. The molecule has 2 nitrogen and oxygen atoms in total. The van der Waals surface area contributed by atoms with Crippen molar-refractivity contribution in [2.75, 3.05) is 0 Å². The van der Waals surface area contributed by atoms with Gasteiger partial charge in [-0.2, -0.15) is 0 Å². The van der Waals surface area contributed by atoms with Gasteiger partial charge in [-0.3, -0.25) is 0 Å². The summed E-state index contributed by atoms with van der Waals surface area (Å²) < 4.78 is 6.05. The summed E-state index contributed by atoms with van der Waals surface area (Å²) in [6, 6.07) is 16.6. The summed E-state index contributed by atoms with van der Waals surface area (Å²) in [6.07, 6.45) is 0. The zero-order valence-electron chi connectivity index (χ0n) is 12.8. The van der Waals surface area contributed by atoms with Crippen LogP contribution in [0.4, 0.5) is 0 Å². The summed E-state index contributed by atoms with van der Waals surface area (Å²) in [7, 11) is 0. The molecule has 0 aliphatic heterocycles. The van der Waals surface area contributed by atoms with E-state index in [2.05, 4.69) is 54.5 Å². The van der Waals surface area contributed by atoms with Gasteiger partial charge < -0.3 is 4.74 Å². The first kappa shape index (κ1) is 14.8. The fourth-order valence-corrected chi connectivity index (χ4v) is 2.87. The first-order chi connectivity index (χ1) is 10.7. The van der Waals surface area contributed by atoms with E-state index in [9.17, 15) is 0 Å². The predicted octanol–water partition coefficient (Wildman–Crippen LogP) is 5.51. The Morgan fingerprint density at radius 1 is 1.09 bits per heavy atom. The molecule has 0 N–H and O–H groups in total. The molecule has 0 aliphatic rings. The Morgan fingerprint density at radius 3 is 2.59 bits per heavy atom. The Labute approximate surface area is 135 Å². The van der Waals surface area contributed by atoms with Crippen LogP contribution in [0.1, 0.15) is 30.9 Å². The summed E-state index contributed by atoms with van der Waals surface area (Å²) in [5.74, 6) is 1.37. The van der Waals surface area contributed by atoms with E-state index in [1.165, 1.54) is 11.1 Å². The van der Waals surface area contributed by atoms with Crippen LogP contribution in [0.2, 0.25) is 0 Å². The summed E-state index contributed by atoms with van der Waals surface area (Å²) in [5, 5.41) is 2.06. The third kappa shape index (κ3) is 3.37. The van der Waals surface area contributed by atoms with Crippen molar-refractivity contribution in [2.45, 2.75) is 26.4 Å². The monoisotopic (exact) mass is 309 g/mol. The van der Waals surface area contributed by atoms with Crippen LogP contribution in [0.15, 0.2) is 59.4 Å². The summed E-state index contributed by atoms with van der Waals surface area (Å²) in [4.78, 5) is 4.44. The fourth-order valence-electron chi connectivity index (χ4n) is 2.31. The molecule has 0 spiro atoms. The first-order valence-corrected chi connectivity index (χ1v) is 8.37. The van der Waals surface area contributed by atoms with E-state index < -0.39 is 0 Å². The first-order valence-electron chi connectivity index (χ1n) is 7.43. The zero-order valence-corrected chi connectivity index (χ0v) is 13.6. The van der Waals surface area contributed by atoms with Crippen LogP contribution in [0, 0.1) is 0 Å². The highest BCUT2D eigenvalue weighted by Crippen LogP contribution is 2.33. The van der Waals surface area contributed by atoms with E-state index in [0.29, 0.717) is 12.5 Å². The molecule has 22 heavy (non-hydrogen) atoms. The lowest BCUT2D eigenvalue weighted by Gasteiger charge is -2.14. The van der Waals surface area contributed by atoms with Crippen LogP contribution >= 0.6 is 11.3 Å². The van der Waals surface area contributed by atoms with Crippen LogP contribution in [-0.2, 0) is 6.61 Å². The molecular formula is C19H19NOS. The molecule has 0 atom stereocenters. The van der Waals surface area contributed by atoms with Gasteiger partial charge in [0.15, 0.2) is 0 Å². The van der Waals surface area contributed by atoms with Crippen molar-refractivity contribution < 1.29 is 4.74 Å². The molecule has 0 aliphatic carbocycles. The Kier molecular flexibility index (Phi) is 4.54. The smallest absolute Gasteiger partial charge is 0.129 e. The van der Waals surface area contributed by atoms with Crippen LogP contribution in [0.25, 0.3) is 11.3 Å². The average Bonchev–Trinajstić information content (AvgIpc) is 3.08. The minimum atomic E-state index is 0.487. The van der Waals surface area contributed by atoms with Crippen LogP contribution < -0.4 is 4.74 Å². The molecule has 3 aromatic rings. The number of hydrogen-bond acceptors (Lipinski definition) is 3. The van der Waals surface area contributed by atoms with Crippen molar-refractivity contribution >= 4 is 11.3 Å². The average molecular weight is 309 g/mol. The SMILES string of the molecule is CC(C)c1ccc(OCc2ccccc2)c(-c2cscn2)c1. The second-order valence-electron chi connectivity index (χ2n) is 5.56. The molecule has 0 unspecified atom stereocenters. The van der Waals surface area contributed by atoms with Crippen LogP contribution in [0.5, 0.6) is 5.75 Å². The highest BCUT2D eigenvalue weighted by Gasteiger charge is 2.11. The molecule has 3 rings (SSSR count). The number of rotatable bonds is 5. The standard InChI is InChI=1S/C19H19NOS/c1-14(2)16-8-9-19(17(10-16)18-12-22-13-20-18)21-11-15-6-4-3-5-7-15/h3-10,12-14H,11H2,1-2H3. The molecule has 1 aromatic heterocycles. The predicted molar refractivity (Wildman–Crippen MR) is 92.4 cm³/mol. The minimum absolute atomic E-state index is 0.487. The van der Waals surface area contributed by atoms with E-state index in [1.807, 2.05) is 23.7 Å². The molecule has 112 valence electrons. The van der Waals surface area contributed by atoms with Crippen LogP contribution in [0.3, 0.4) is 0 Å². The van der Waals surface area contributed by atoms with Gasteiger partial charge in [-0.05, 0) is 29.2 Å². The summed E-state index contributed by atoms with van der Waals surface area (Å²) >= 11 is 1.61. The van der Waals surface area contributed by atoms with Crippen LogP contribution in [-0.4, -0.2) is 4.98 Å².